The molecule has 106 valence electrons. The number of fused-ring (bicyclic) bond motifs is 1. The van der Waals surface area contributed by atoms with Crippen molar-refractivity contribution in [1.29, 1.82) is 0 Å². The number of nitrogens with zero attached hydrogens (tertiary/aromatic N) is 1. The topological polar surface area (TPSA) is 48.1 Å². The highest BCUT2D eigenvalue weighted by Crippen LogP contribution is 2.35. The largest absolute Gasteiger partial charge is 0.455 e. The van der Waals surface area contributed by atoms with Gasteiger partial charge in [-0.25, -0.2) is 0 Å². The summed E-state index contributed by atoms with van der Waals surface area (Å²) in [5.41, 5.74) is 11.0. The van der Waals surface area contributed by atoms with Crippen LogP contribution in [-0.4, -0.2) is 4.98 Å². The first-order chi connectivity index (χ1) is 10.1. The average Bonchev–Trinajstić information content (AvgIpc) is 2.50. The maximum absolute atomic E-state index is 6.17. The molecule has 0 bridgehead atoms. The minimum absolute atomic E-state index is 0.711. The van der Waals surface area contributed by atoms with E-state index in [9.17, 15) is 0 Å². The fourth-order valence-corrected chi connectivity index (χ4v) is 2.44. The lowest BCUT2D eigenvalue weighted by atomic mass is 10.1. The number of hydrogen-bond donors (Lipinski definition) is 1. The van der Waals surface area contributed by atoms with Gasteiger partial charge in [-0.05, 0) is 61.7 Å². The summed E-state index contributed by atoms with van der Waals surface area (Å²) in [7, 11) is 0. The minimum atomic E-state index is 0.711. The van der Waals surface area contributed by atoms with E-state index in [-0.39, 0.29) is 0 Å². The molecular formula is C18H18N2O. The lowest BCUT2D eigenvalue weighted by Crippen LogP contribution is -1.96. The first-order valence-corrected chi connectivity index (χ1v) is 6.96. The van der Waals surface area contributed by atoms with Gasteiger partial charge in [0, 0.05) is 17.3 Å². The summed E-state index contributed by atoms with van der Waals surface area (Å²) in [6, 6.07) is 11.8. The smallest absolute Gasteiger partial charge is 0.153 e. The van der Waals surface area contributed by atoms with Crippen LogP contribution in [0.2, 0.25) is 0 Å². The van der Waals surface area contributed by atoms with E-state index >= 15 is 0 Å². The number of nitrogens with two attached hydrogens (primary N) is 1. The Morgan fingerprint density at radius 3 is 2.52 bits per heavy atom. The van der Waals surface area contributed by atoms with Crippen LogP contribution in [-0.2, 0) is 0 Å². The van der Waals surface area contributed by atoms with Gasteiger partial charge in [-0.2, -0.15) is 0 Å². The van der Waals surface area contributed by atoms with Gasteiger partial charge < -0.3 is 10.5 Å². The second-order valence-electron chi connectivity index (χ2n) is 5.31. The third kappa shape index (κ3) is 2.31. The van der Waals surface area contributed by atoms with Crippen LogP contribution in [0.3, 0.4) is 0 Å². The zero-order valence-corrected chi connectivity index (χ0v) is 12.5. The molecule has 21 heavy (non-hydrogen) atoms. The molecule has 1 aromatic heterocycles. The number of hydrogen-bond acceptors (Lipinski definition) is 3. The van der Waals surface area contributed by atoms with Crippen LogP contribution in [0.1, 0.15) is 16.7 Å². The first-order valence-electron chi connectivity index (χ1n) is 6.96. The number of anilines is 1. The van der Waals surface area contributed by atoms with Crippen molar-refractivity contribution in [2.45, 2.75) is 20.8 Å². The summed E-state index contributed by atoms with van der Waals surface area (Å²) in [6.07, 6.45) is 1.75. The summed E-state index contributed by atoms with van der Waals surface area (Å²) in [4.78, 5) is 4.41. The molecule has 0 amide bonds. The van der Waals surface area contributed by atoms with E-state index in [0.29, 0.717) is 5.69 Å². The second-order valence-corrected chi connectivity index (χ2v) is 5.31. The van der Waals surface area contributed by atoms with E-state index in [4.69, 9.17) is 10.5 Å². The summed E-state index contributed by atoms with van der Waals surface area (Å²) >= 11 is 0. The Kier molecular flexibility index (Phi) is 3.26. The Labute approximate surface area is 124 Å². The van der Waals surface area contributed by atoms with E-state index < -0.39 is 0 Å². The van der Waals surface area contributed by atoms with Gasteiger partial charge in [0.2, 0.25) is 0 Å². The molecule has 1 heterocycles. The molecule has 0 aliphatic rings. The standard InChI is InChI=1S/C18H18N2O/c1-11-6-7-12(2)18(13(11)3)21-16-9-8-15(19)14-5-4-10-20-17(14)16/h4-10H,19H2,1-3H3. The predicted molar refractivity (Wildman–Crippen MR) is 86.9 cm³/mol. The number of aromatic nitrogens is 1. The maximum atomic E-state index is 6.17. The third-order valence-electron chi connectivity index (χ3n) is 3.85. The zero-order valence-electron chi connectivity index (χ0n) is 12.5. The van der Waals surface area contributed by atoms with Crippen molar-refractivity contribution in [3.63, 3.8) is 0 Å². The third-order valence-corrected chi connectivity index (χ3v) is 3.85. The first kappa shape index (κ1) is 13.4. The predicted octanol–water partition coefficient (Wildman–Crippen LogP) is 4.53. The molecule has 0 aliphatic carbocycles. The van der Waals surface area contributed by atoms with Gasteiger partial charge in [0.15, 0.2) is 5.75 Å². The van der Waals surface area contributed by atoms with Gasteiger partial charge in [-0.15, -0.1) is 0 Å². The molecule has 0 saturated carbocycles. The van der Waals surface area contributed by atoms with Gasteiger partial charge >= 0.3 is 0 Å². The van der Waals surface area contributed by atoms with Crippen LogP contribution in [0.4, 0.5) is 5.69 Å². The van der Waals surface area contributed by atoms with E-state index in [1.807, 2.05) is 24.3 Å². The highest BCUT2D eigenvalue weighted by Gasteiger charge is 2.11. The lowest BCUT2D eigenvalue weighted by molar-refractivity contribution is 0.479. The Morgan fingerprint density at radius 2 is 1.71 bits per heavy atom. The molecule has 3 nitrogen and oxygen atoms in total. The summed E-state index contributed by atoms with van der Waals surface area (Å²) in [5, 5.41) is 0.915. The van der Waals surface area contributed by atoms with E-state index in [1.165, 1.54) is 5.56 Å². The fraction of sp³-hybridized carbons (Fsp3) is 0.167. The number of nitrogen functional groups attached to an aromatic ring is 1. The van der Waals surface area contributed by atoms with Gasteiger partial charge in [-0.1, -0.05) is 12.1 Å². The zero-order chi connectivity index (χ0) is 15.0. The van der Waals surface area contributed by atoms with Gasteiger partial charge in [0.05, 0.1) is 0 Å². The van der Waals surface area contributed by atoms with Crippen LogP contribution in [0, 0.1) is 20.8 Å². The Bertz CT molecular complexity index is 825. The number of aryl methyl sites for hydroxylation is 2. The molecule has 2 N–H and O–H groups in total. The summed E-state index contributed by atoms with van der Waals surface area (Å²) in [6.45, 7) is 6.21. The molecule has 0 aliphatic heterocycles. The molecular weight excluding hydrogens is 260 g/mol. The van der Waals surface area contributed by atoms with E-state index in [1.54, 1.807) is 6.20 Å². The van der Waals surface area contributed by atoms with Crippen LogP contribution >= 0.6 is 0 Å². The number of benzene rings is 2. The molecule has 3 aromatic rings. The van der Waals surface area contributed by atoms with Gasteiger partial charge in [-0.3, -0.25) is 4.98 Å². The van der Waals surface area contributed by atoms with Crippen molar-refractivity contribution in [3.8, 4) is 11.5 Å². The monoisotopic (exact) mass is 278 g/mol. The molecule has 3 heteroatoms. The molecule has 0 saturated heterocycles. The van der Waals surface area contributed by atoms with Crippen LogP contribution in [0.5, 0.6) is 11.5 Å². The average molecular weight is 278 g/mol. The Morgan fingerprint density at radius 1 is 0.952 bits per heavy atom. The van der Waals surface area contributed by atoms with E-state index in [2.05, 4.69) is 37.9 Å². The molecule has 0 fully saturated rings. The Balaban J connectivity index is 2.16. The highest BCUT2D eigenvalue weighted by atomic mass is 16.5. The quantitative estimate of drug-likeness (QED) is 0.700. The van der Waals surface area contributed by atoms with Crippen molar-refractivity contribution in [2.75, 3.05) is 5.73 Å². The summed E-state index contributed by atoms with van der Waals surface area (Å²) < 4.78 is 6.17. The molecule has 0 spiro atoms. The van der Waals surface area contributed by atoms with Crippen LogP contribution < -0.4 is 10.5 Å². The summed E-state index contributed by atoms with van der Waals surface area (Å²) in [5.74, 6) is 1.63. The van der Waals surface area contributed by atoms with Gasteiger partial charge in [0.1, 0.15) is 11.3 Å². The normalized spacial score (nSPS) is 10.8. The van der Waals surface area contributed by atoms with E-state index in [0.717, 1.165) is 33.5 Å². The molecule has 0 radical (unpaired) electrons. The number of pyridine rings is 1. The van der Waals surface area contributed by atoms with Gasteiger partial charge in [0.25, 0.3) is 0 Å². The SMILES string of the molecule is Cc1ccc(C)c(Oc2ccc(N)c3cccnc23)c1C. The number of rotatable bonds is 2. The second kappa shape index (κ2) is 5.09. The van der Waals surface area contributed by atoms with Crippen LogP contribution in [0.25, 0.3) is 10.9 Å². The van der Waals surface area contributed by atoms with Crippen molar-refractivity contribution in [1.82, 2.24) is 4.98 Å². The van der Waals surface area contributed by atoms with Crippen molar-refractivity contribution in [3.05, 3.63) is 59.3 Å². The van der Waals surface area contributed by atoms with Crippen molar-refractivity contribution >= 4 is 16.6 Å². The van der Waals surface area contributed by atoms with Crippen LogP contribution in [0.15, 0.2) is 42.6 Å². The van der Waals surface area contributed by atoms with Crippen molar-refractivity contribution in [2.24, 2.45) is 0 Å². The Hall–Kier alpha value is -2.55. The highest BCUT2D eigenvalue weighted by molar-refractivity contribution is 5.94. The molecule has 0 atom stereocenters. The fourth-order valence-electron chi connectivity index (χ4n) is 2.44. The minimum Gasteiger partial charge on any atom is -0.455 e. The lowest BCUT2D eigenvalue weighted by Gasteiger charge is -2.15. The number of ether oxygens (including phenoxy) is 1. The maximum Gasteiger partial charge on any atom is 0.153 e. The molecule has 0 unspecified atom stereocenters. The molecule has 3 rings (SSSR count). The molecule has 2 aromatic carbocycles. The van der Waals surface area contributed by atoms with Crippen molar-refractivity contribution < 1.29 is 4.74 Å².